The zero-order valence-electron chi connectivity index (χ0n) is 15.0. The molecule has 0 saturated carbocycles. The minimum absolute atomic E-state index is 0.176. The first kappa shape index (κ1) is 17.0. The van der Waals surface area contributed by atoms with Crippen molar-refractivity contribution in [2.75, 3.05) is 12.3 Å². The molecule has 4 aromatic rings. The Labute approximate surface area is 155 Å². The fraction of sp³-hybridized carbons (Fsp3) is 0.263. The van der Waals surface area contributed by atoms with E-state index in [1.54, 1.807) is 6.33 Å². The molecular weight excluding hydrogens is 344 g/mol. The number of carbonyl (C=O) groups excluding carboxylic acids is 1. The summed E-state index contributed by atoms with van der Waals surface area (Å²) in [6, 6.07) is 6.13. The van der Waals surface area contributed by atoms with Crippen molar-refractivity contribution in [3.63, 3.8) is 0 Å². The number of fused-ring (bicyclic) bond motifs is 2. The predicted molar refractivity (Wildman–Crippen MR) is 102 cm³/mol. The Hall–Kier alpha value is -3.42. The van der Waals surface area contributed by atoms with E-state index in [0.29, 0.717) is 43.0 Å². The molecule has 138 valence electrons. The van der Waals surface area contributed by atoms with E-state index in [-0.39, 0.29) is 5.97 Å². The summed E-state index contributed by atoms with van der Waals surface area (Å²) in [5.74, 6) is 0.197. The van der Waals surface area contributed by atoms with E-state index in [2.05, 4.69) is 32.1 Å². The molecular formula is C19H20N6O2. The van der Waals surface area contributed by atoms with E-state index in [1.165, 1.54) is 6.33 Å². The van der Waals surface area contributed by atoms with Gasteiger partial charge in [0.15, 0.2) is 11.5 Å². The number of aromatic amines is 1. The number of carbonyl (C=O) groups is 1. The van der Waals surface area contributed by atoms with Gasteiger partial charge < -0.3 is 20.0 Å². The van der Waals surface area contributed by atoms with Gasteiger partial charge in [-0.3, -0.25) is 4.79 Å². The highest BCUT2D eigenvalue weighted by Gasteiger charge is 2.12. The molecule has 0 saturated heterocycles. The van der Waals surface area contributed by atoms with Gasteiger partial charge in [0.05, 0.1) is 25.0 Å². The smallest absolute Gasteiger partial charge is 0.306 e. The highest BCUT2D eigenvalue weighted by Crippen LogP contribution is 2.25. The van der Waals surface area contributed by atoms with Gasteiger partial charge in [-0.05, 0) is 24.5 Å². The summed E-state index contributed by atoms with van der Waals surface area (Å²) in [6.07, 6.45) is 6.13. The van der Waals surface area contributed by atoms with Crippen LogP contribution < -0.4 is 5.73 Å². The van der Waals surface area contributed by atoms with Crippen molar-refractivity contribution in [1.82, 2.24) is 24.5 Å². The Morgan fingerprint density at radius 1 is 1.26 bits per heavy atom. The minimum atomic E-state index is -0.176. The van der Waals surface area contributed by atoms with Crippen LogP contribution >= 0.6 is 0 Å². The second kappa shape index (κ2) is 7.06. The van der Waals surface area contributed by atoms with E-state index in [1.807, 2.05) is 23.8 Å². The van der Waals surface area contributed by atoms with E-state index in [0.717, 1.165) is 22.0 Å². The number of nitrogens with two attached hydrogens (primary N) is 1. The zero-order chi connectivity index (χ0) is 18.8. The third kappa shape index (κ3) is 3.21. The van der Waals surface area contributed by atoms with E-state index >= 15 is 0 Å². The molecule has 0 aliphatic heterocycles. The van der Waals surface area contributed by atoms with Crippen molar-refractivity contribution in [1.29, 1.82) is 0 Å². The first-order valence-electron chi connectivity index (χ1n) is 8.82. The maximum Gasteiger partial charge on any atom is 0.306 e. The molecule has 0 unspecified atom stereocenters. The lowest BCUT2D eigenvalue weighted by molar-refractivity contribution is -0.143. The van der Waals surface area contributed by atoms with Gasteiger partial charge in [0.25, 0.3) is 0 Å². The Morgan fingerprint density at radius 2 is 2.15 bits per heavy atom. The molecule has 3 aromatic heterocycles. The number of ether oxygens (including phenoxy) is 1. The number of hydrogen-bond acceptors (Lipinski definition) is 6. The van der Waals surface area contributed by atoms with Gasteiger partial charge in [-0.2, -0.15) is 0 Å². The maximum atomic E-state index is 11.6. The average Bonchev–Trinajstić information content (AvgIpc) is 3.26. The lowest BCUT2D eigenvalue weighted by atomic mass is 10.1. The highest BCUT2D eigenvalue weighted by molar-refractivity contribution is 5.87. The van der Waals surface area contributed by atoms with Gasteiger partial charge in [0, 0.05) is 18.0 Å². The number of aryl methyl sites for hydroxylation is 1. The standard InChI is InChI=1S/C19H20N6O2/c1-2-27-15(26)7-6-12-8-21-16-13(4-3-5-14(12)16)9-25-11-24-17-18(20)22-10-23-19(17)25/h3-5,8,10-11,21H,2,6-7,9H2,1H3,(H2,20,22,23). The number of H-pyrrole nitrogens is 1. The molecule has 8 nitrogen and oxygen atoms in total. The Balaban J connectivity index is 1.63. The topological polar surface area (TPSA) is 112 Å². The second-order valence-electron chi connectivity index (χ2n) is 6.26. The molecule has 27 heavy (non-hydrogen) atoms. The molecule has 0 bridgehead atoms. The summed E-state index contributed by atoms with van der Waals surface area (Å²) in [4.78, 5) is 27.6. The quantitative estimate of drug-likeness (QED) is 0.508. The maximum absolute atomic E-state index is 11.6. The zero-order valence-corrected chi connectivity index (χ0v) is 15.0. The Morgan fingerprint density at radius 3 is 3.00 bits per heavy atom. The summed E-state index contributed by atoms with van der Waals surface area (Å²) >= 11 is 0. The molecule has 0 spiro atoms. The monoisotopic (exact) mass is 364 g/mol. The number of rotatable bonds is 6. The van der Waals surface area contributed by atoms with Crippen molar-refractivity contribution in [2.45, 2.75) is 26.3 Å². The van der Waals surface area contributed by atoms with Gasteiger partial charge in [0.1, 0.15) is 11.8 Å². The summed E-state index contributed by atoms with van der Waals surface area (Å²) in [5, 5.41) is 1.11. The van der Waals surface area contributed by atoms with Crippen molar-refractivity contribution in [3.05, 3.63) is 48.2 Å². The van der Waals surface area contributed by atoms with Crippen LogP contribution in [0.1, 0.15) is 24.5 Å². The number of benzene rings is 1. The number of para-hydroxylation sites is 1. The third-order valence-corrected chi connectivity index (χ3v) is 4.56. The average molecular weight is 364 g/mol. The van der Waals surface area contributed by atoms with E-state index < -0.39 is 0 Å². The molecule has 3 N–H and O–H groups in total. The number of esters is 1. The number of hydrogen-bond donors (Lipinski definition) is 2. The van der Waals surface area contributed by atoms with E-state index in [4.69, 9.17) is 10.5 Å². The van der Waals surface area contributed by atoms with Crippen molar-refractivity contribution in [3.8, 4) is 0 Å². The van der Waals surface area contributed by atoms with Gasteiger partial charge in [-0.15, -0.1) is 0 Å². The van der Waals surface area contributed by atoms with Crippen LogP contribution in [0.25, 0.3) is 22.1 Å². The normalized spacial score (nSPS) is 11.3. The molecule has 3 heterocycles. The van der Waals surface area contributed by atoms with Crippen LogP contribution in [0.5, 0.6) is 0 Å². The SMILES string of the molecule is CCOC(=O)CCc1c[nH]c2c(Cn3cnc4c(N)ncnc43)cccc12. The number of nitrogens with one attached hydrogen (secondary N) is 1. The fourth-order valence-corrected chi connectivity index (χ4v) is 3.28. The minimum Gasteiger partial charge on any atom is -0.466 e. The Bertz CT molecular complexity index is 1110. The van der Waals surface area contributed by atoms with Crippen molar-refractivity contribution >= 4 is 33.9 Å². The number of nitrogens with zero attached hydrogens (tertiary/aromatic N) is 4. The number of imidazole rings is 1. The lowest BCUT2D eigenvalue weighted by Gasteiger charge is -2.06. The first-order valence-corrected chi connectivity index (χ1v) is 8.82. The molecule has 0 atom stereocenters. The third-order valence-electron chi connectivity index (χ3n) is 4.56. The molecule has 0 amide bonds. The highest BCUT2D eigenvalue weighted by atomic mass is 16.5. The number of anilines is 1. The predicted octanol–water partition coefficient (Wildman–Crippen LogP) is 2.43. The van der Waals surface area contributed by atoms with Gasteiger partial charge >= 0.3 is 5.97 Å². The Kier molecular flexibility index (Phi) is 4.45. The van der Waals surface area contributed by atoms with Crippen molar-refractivity contribution < 1.29 is 9.53 Å². The summed E-state index contributed by atoms with van der Waals surface area (Å²) in [6.45, 7) is 2.82. The lowest BCUT2D eigenvalue weighted by Crippen LogP contribution is -2.04. The van der Waals surface area contributed by atoms with Gasteiger partial charge in [-0.25, -0.2) is 15.0 Å². The molecule has 1 aromatic carbocycles. The molecule has 0 aliphatic rings. The van der Waals surface area contributed by atoms with E-state index in [9.17, 15) is 4.79 Å². The first-order chi connectivity index (χ1) is 13.2. The van der Waals surface area contributed by atoms with Gasteiger partial charge in [-0.1, -0.05) is 18.2 Å². The van der Waals surface area contributed by atoms with Crippen molar-refractivity contribution in [2.24, 2.45) is 0 Å². The second-order valence-corrected chi connectivity index (χ2v) is 6.26. The largest absolute Gasteiger partial charge is 0.466 e. The number of aromatic nitrogens is 5. The van der Waals surface area contributed by atoms with Crippen LogP contribution in [-0.2, 0) is 22.5 Å². The van der Waals surface area contributed by atoms with Crippen LogP contribution in [0.2, 0.25) is 0 Å². The summed E-state index contributed by atoms with van der Waals surface area (Å²) in [5.41, 5.74) is 10.4. The summed E-state index contributed by atoms with van der Waals surface area (Å²) in [7, 11) is 0. The number of nitrogen functional groups attached to an aromatic ring is 1. The van der Waals surface area contributed by atoms with Crippen LogP contribution in [0.4, 0.5) is 5.82 Å². The van der Waals surface area contributed by atoms with Crippen LogP contribution in [-0.4, -0.2) is 37.1 Å². The van der Waals surface area contributed by atoms with Crippen LogP contribution in [0.15, 0.2) is 37.1 Å². The molecule has 4 rings (SSSR count). The molecule has 0 aliphatic carbocycles. The van der Waals surface area contributed by atoms with Gasteiger partial charge in [0.2, 0.25) is 0 Å². The summed E-state index contributed by atoms with van der Waals surface area (Å²) < 4.78 is 6.96. The van der Waals surface area contributed by atoms with Crippen LogP contribution in [0.3, 0.4) is 0 Å². The molecule has 0 fully saturated rings. The fourth-order valence-electron chi connectivity index (χ4n) is 3.28. The molecule has 8 heteroatoms. The molecule has 0 radical (unpaired) electrons. The van der Waals surface area contributed by atoms with Crippen LogP contribution in [0, 0.1) is 0 Å².